The van der Waals surface area contributed by atoms with Crippen LogP contribution in [-0.2, 0) is 16.0 Å². The number of rotatable bonds is 5. The van der Waals surface area contributed by atoms with E-state index in [2.05, 4.69) is 0 Å². The molecule has 0 spiro atoms. The topological polar surface area (TPSA) is 49.8 Å². The molecular weight excluding hydrogens is 325 g/mol. The Kier molecular flexibility index (Phi) is 5.16. The highest BCUT2D eigenvalue weighted by atomic mass is 35.5. The van der Waals surface area contributed by atoms with Gasteiger partial charge in [0.05, 0.1) is 12.8 Å². The second kappa shape index (κ2) is 6.90. The Labute approximate surface area is 138 Å². The smallest absolute Gasteiger partial charge is 0.349 e. The zero-order valence-corrected chi connectivity index (χ0v) is 13.4. The molecule has 4 nitrogen and oxygen atoms in total. The van der Waals surface area contributed by atoms with Crippen LogP contribution in [0.5, 0.6) is 5.75 Å². The minimum absolute atomic E-state index is 0.111. The first kappa shape index (κ1) is 16.5. The van der Waals surface area contributed by atoms with Crippen molar-refractivity contribution >= 4 is 35.0 Å². The molecule has 1 N–H and O–H groups in total. The number of hydrogen-bond acceptors (Lipinski definition) is 4. The third kappa shape index (κ3) is 3.46. The number of halogens is 2. The van der Waals surface area contributed by atoms with E-state index in [9.17, 15) is 9.90 Å². The van der Waals surface area contributed by atoms with Crippen LogP contribution in [0.1, 0.15) is 5.56 Å². The number of benzene rings is 2. The van der Waals surface area contributed by atoms with Crippen molar-refractivity contribution in [3.63, 3.8) is 0 Å². The number of ether oxygens (including phenoxy) is 1. The summed E-state index contributed by atoms with van der Waals surface area (Å²) in [5, 5.41) is 9.34. The van der Waals surface area contributed by atoms with Crippen LogP contribution in [0, 0.1) is 0 Å². The summed E-state index contributed by atoms with van der Waals surface area (Å²) in [7, 11) is 1.26. The Morgan fingerprint density at radius 1 is 1.18 bits per heavy atom. The van der Waals surface area contributed by atoms with Gasteiger partial charge in [-0.25, -0.2) is 4.79 Å². The van der Waals surface area contributed by atoms with Gasteiger partial charge >= 0.3 is 5.97 Å². The lowest BCUT2D eigenvalue weighted by atomic mass is 10.0. The predicted octanol–water partition coefficient (Wildman–Crippen LogP) is 3.70. The van der Waals surface area contributed by atoms with Crippen molar-refractivity contribution in [1.29, 1.82) is 0 Å². The quantitative estimate of drug-likeness (QED) is 0.390. The minimum Gasteiger partial charge on any atom is -0.508 e. The van der Waals surface area contributed by atoms with E-state index in [4.69, 9.17) is 28.1 Å². The van der Waals surface area contributed by atoms with Gasteiger partial charge in [0.1, 0.15) is 5.75 Å². The van der Waals surface area contributed by atoms with Crippen molar-refractivity contribution in [1.82, 2.24) is 0 Å². The first-order valence-electron chi connectivity index (χ1n) is 6.53. The zero-order valence-electron chi connectivity index (χ0n) is 11.9. The lowest BCUT2D eigenvalue weighted by Crippen LogP contribution is -2.48. The van der Waals surface area contributed by atoms with Crippen molar-refractivity contribution < 1.29 is 14.6 Å². The number of esters is 1. The molecule has 0 saturated heterocycles. The normalized spacial score (nSPS) is 13.2. The summed E-state index contributed by atoms with van der Waals surface area (Å²) in [4.78, 5) is 10.6. The third-order valence-electron chi connectivity index (χ3n) is 3.17. The first-order chi connectivity index (χ1) is 10.5. The molecule has 1 atom stereocenters. The van der Waals surface area contributed by atoms with Crippen LogP contribution in [0.2, 0.25) is 0 Å². The molecule has 0 saturated carbocycles. The van der Waals surface area contributed by atoms with Crippen molar-refractivity contribution in [2.24, 2.45) is 0 Å². The number of hydrogen-bond donors (Lipinski definition) is 1. The maximum Gasteiger partial charge on any atom is 0.349 e. The minimum atomic E-state index is -1.60. The number of para-hydroxylation sites is 1. The Morgan fingerprint density at radius 2 is 1.77 bits per heavy atom. The van der Waals surface area contributed by atoms with Crippen LogP contribution >= 0.6 is 23.4 Å². The van der Waals surface area contributed by atoms with Crippen molar-refractivity contribution in [2.75, 3.05) is 11.5 Å². The van der Waals surface area contributed by atoms with Crippen LogP contribution in [0.15, 0.2) is 54.6 Å². The summed E-state index contributed by atoms with van der Waals surface area (Å²) < 4.78 is 5.97. The van der Waals surface area contributed by atoms with Gasteiger partial charge in [0.25, 0.3) is 0 Å². The highest BCUT2D eigenvalue weighted by Gasteiger charge is 2.44. The molecule has 0 aromatic heterocycles. The Hall–Kier alpha value is -1.91. The van der Waals surface area contributed by atoms with E-state index in [1.54, 1.807) is 36.4 Å². The maximum atomic E-state index is 12.2. The van der Waals surface area contributed by atoms with Gasteiger partial charge in [0, 0.05) is 18.2 Å². The molecule has 0 bridgehead atoms. The monoisotopic (exact) mass is 339 g/mol. The number of phenolic OH excluding ortho intramolecular Hbond substituents is 1. The molecule has 0 radical (unpaired) electrons. The largest absolute Gasteiger partial charge is 0.508 e. The van der Waals surface area contributed by atoms with Crippen LogP contribution < -0.4 is 4.42 Å². The summed E-state index contributed by atoms with van der Waals surface area (Å²) in [6.45, 7) is 0. The van der Waals surface area contributed by atoms with Gasteiger partial charge in [0.15, 0.2) is 0 Å². The molecule has 0 unspecified atom stereocenters. The molecule has 2 aromatic carbocycles. The van der Waals surface area contributed by atoms with Crippen LogP contribution in [0.25, 0.3) is 0 Å². The number of carbonyl (C=O) groups is 1. The average molecular weight is 340 g/mol. The third-order valence-corrected chi connectivity index (χ3v) is 4.19. The number of anilines is 1. The molecule has 22 heavy (non-hydrogen) atoms. The summed E-state index contributed by atoms with van der Waals surface area (Å²) in [5.41, 5.74) is 1.31. The molecule has 0 aliphatic rings. The van der Waals surface area contributed by atoms with Gasteiger partial charge in [-0.15, -0.1) is 0 Å². The van der Waals surface area contributed by atoms with Crippen molar-refractivity contribution in [2.45, 2.75) is 11.4 Å². The molecule has 0 fully saturated rings. The number of carbonyl (C=O) groups excluding carboxylic acids is 1. The fourth-order valence-corrected chi connectivity index (χ4v) is 2.60. The first-order valence-corrected chi connectivity index (χ1v) is 7.25. The Bertz CT molecular complexity index is 634. The fraction of sp³-hybridized carbons (Fsp3) is 0.188. The molecule has 0 aliphatic heterocycles. The fourth-order valence-electron chi connectivity index (χ4n) is 2.03. The molecule has 116 valence electrons. The van der Waals surface area contributed by atoms with Crippen molar-refractivity contribution in [3.8, 4) is 5.75 Å². The average Bonchev–Trinajstić information content (AvgIpc) is 2.56. The molecule has 0 aliphatic carbocycles. The summed E-state index contributed by atoms with van der Waals surface area (Å²) in [6, 6.07) is 15.3. The van der Waals surface area contributed by atoms with Gasteiger partial charge in [-0.05, 0) is 29.8 Å². The maximum absolute atomic E-state index is 12.2. The molecule has 6 heteroatoms. The van der Waals surface area contributed by atoms with E-state index < -0.39 is 11.0 Å². The summed E-state index contributed by atoms with van der Waals surface area (Å²) >= 11 is 12.8. The highest BCUT2D eigenvalue weighted by Crippen LogP contribution is 2.34. The number of aromatic hydroxyl groups is 1. The van der Waals surface area contributed by atoms with Crippen LogP contribution in [0.4, 0.5) is 5.69 Å². The number of nitrogens with zero attached hydrogens (tertiary/aromatic N) is 1. The van der Waals surface area contributed by atoms with E-state index in [-0.39, 0.29) is 12.2 Å². The standard InChI is InChI=1S/C16H15Cl2NO3/c1-22-15(21)16(17,11-12-7-9-14(20)10-8-12)19(18)13-5-3-2-4-6-13/h2-10,20H,11H2,1H3/t16-/m0/s1. The Morgan fingerprint density at radius 3 is 2.32 bits per heavy atom. The van der Waals surface area contributed by atoms with Crippen molar-refractivity contribution in [3.05, 3.63) is 60.2 Å². The highest BCUT2D eigenvalue weighted by molar-refractivity contribution is 6.43. The van der Waals surface area contributed by atoms with E-state index in [1.807, 2.05) is 6.07 Å². The second-order valence-corrected chi connectivity index (χ2v) is 5.67. The second-order valence-electron chi connectivity index (χ2n) is 4.71. The molecule has 0 heterocycles. The molecule has 2 rings (SSSR count). The number of alkyl halides is 1. The molecular formula is C16H15Cl2NO3. The SMILES string of the molecule is COC(=O)[C@](Cl)(Cc1ccc(O)cc1)N(Cl)c1ccccc1. The van der Waals surface area contributed by atoms with E-state index in [0.29, 0.717) is 5.69 Å². The number of phenols is 1. The summed E-state index contributed by atoms with van der Waals surface area (Å²) in [6.07, 6.45) is 0.111. The van der Waals surface area contributed by atoms with Gasteiger partial charge in [0.2, 0.25) is 5.00 Å². The predicted molar refractivity (Wildman–Crippen MR) is 87.2 cm³/mol. The van der Waals surface area contributed by atoms with Gasteiger partial charge in [-0.1, -0.05) is 41.9 Å². The summed E-state index contributed by atoms with van der Waals surface area (Å²) in [5.74, 6) is -0.533. The van der Waals surface area contributed by atoms with Gasteiger partial charge < -0.3 is 9.84 Å². The van der Waals surface area contributed by atoms with Gasteiger partial charge in [-0.2, -0.15) is 0 Å². The lowest BCUT2D eigenvalue weighted by Gasteiger charge is -2.33. The Balaban J connectivity index is 2.35. The van der Waals surface area contributed by atoms with E-state index in [0.717, 1.165) is 9.98 Å². The van der Waals surface area contributed by atoms with E-state index in [1.165, 1.54) is 19.2 Å². The zero-order chi connectivity index (χ0) is 16.2. The van der Waals surface area contributed by atoms with Crippen LogP contribution in [0.3, 0.4) is 0 Å². The lowest BCUT2D eigenvalue weighted by molar-refractivity contribution is -0.143. The van der Waals surface area contributed by atoms with Gasteiger partial charge in [-0.3, -0.25) is 4.42 Å². The van der Waals surface area contributed by atoms with Crippen LogP contribution in [-0.4, -0.2) is 23.2 Å². The number of methoxy groups -OCH3 is 1. The molecule has 2 aromatic rings. The van der Waals surface area contributed by atoms with E-state index >= 15 is 0 Å². The molecule has 0 amide bonds.